The fraction of sp³-hybridized carbons (Fsp3) is 0.333. The fourth-order valence-corrected chi connectivity index (χ4v) is 3.65. The second-order valence-electron chi connectivity index (χ2n) is 5.76. The third kappa shape index (κ3) is 3.11. The zero-order valence-electron chi connectivity index (χ0n) is 12.1. The number of hydrogen-bond donors (Lipinski definition) is 1. The first-order valence-electron chi connectivity index (χ1n) is 7.38. The molecule has 21 heavy (non-hydrogen) atoms. The summed E-state index contributed by atoms with van der Waals surface area (Å²) in [5.74, 6) is 0.857. The average molecular weight is 320 g/mol. The Labute approximate surface area is 136 Å². The van der Waals surface area contributed by atoms with Gasteiger partial charge in [-0.05, 0) is 43.0 Å². The van der Waals surface area contributed by atoms with Gasteiger partial charge >= 0.3 is 0 Å². The van der Waals surface area contributed by atoms with Crippen LogP contribution in [0.5, 0.6) is 0 Å². The summed E-state index contributed by atoms with van der Waals surface area (Å²) in [4.78, 5) is 0. The van der Waals surface area contributed by atoms with Crippen LogP contribution in [-0.4, -0.2) is 13.1 Å². The van der Waals surface area contributed by atoms with Crippen LogP contribution in [0.25, 0.3) is 0 Å². The first kappa shape index (κ1) is 14.9. The SMILES string of the molecule is Cc1ccc(C2CNCCC2c2cccc(Cl)c2Cl)cc1. The van der Waals surface area contributed by atoms with Crippen LogP contribution in [-0.2, 0) is 0 Å². The van der Waals surface area contributed by atoms with E-state index in [-0.39, 0.29) is 0 Å². The predicted octanol–water partition coefficient (Wildman–Crippen LogP) is 5.16. The van der Waals surface area contributed by atoms with E-state index in [1.807, 2.05) is 12.1 Å². The molecule has 2 aromatic rings. The van der Waals surface area contributed by atoms with Gasteiger partial charge in [0.1, 0.15) is 0 Å². The minimum atomic E-state index is 0.417. The molecule has 1 fully saturated rings. The van der Waals surface area contributed by atoms with Crippen molar-refractivity contribution in [2.45, 2.75) is 25.2 Å². The van der Waals surface area contributed by atoms with E-state index in [2.05, 4.69) is 42.6 Å². The third-order valence-corrected chi connectivity index (χ3v) is 5.20. The smallest absolute Gasteiger partial charge is 0.0627 e. The number of benzene rings is 2. The number of nitrogens with one attached hydrogen (secondary N) is 1. The zero-order valence-corrected chi connectivity index (χ0v) is 13.6. The Hall–Kier alpha value is -1.02. The third-order valence-electron chi connectivity index (χ3n) is 4.37. The Bertz CT molecular complexity index is 622. The lowest BCUT2D eigenvalue weighted by atomic mass is 9.77. The van der Waals surface area contributed by atoms with Crippen molar-refractivity contribution in [1.29, 1.82) is 0 Å². The molecule has 2 atom stereocenters. The van der Waals surface area contributed by atoms with E-state index in [9.17, 15) is 0 Å². The van der Waals surface area contributed by atoms with Crippen molar-refractivity contribution in [2.75, 3.05) is 13.1 Å². The van der Waals surface area contributed by atoms with Gasteiger partial charge in [-0.25, -0.2) is 0 Å². The fourth-order valence-electron chi connectivity index (χ4n) is 3.20. The predicted molar refractivity (Wildman–Crippen MR) is 90.6 cm³/mol. The second-order valence-corrected chi connectivity index (χ2v) is 6.54. The van der Waals surface area contributed by atoms with E-state index in [0.29, 0.717) is 21.9 Å². The minimum absolute atomic E-state index is 0.417. The summed E-state index contributed by atoms with van der Waals surface area (Å²) in [6.45, 7) is 4.13. The van der Waals surface area contributed by atoms with Gasteiger partial charge in [-0.15, -0.1) is 0 Å². The molecule has 1 aliphatic rings. The summed E-state index contributed by atoms with van der Waals surface area (Å²) in [5.41, 5.74) is 3.84. The standard InChI is InChI=1S/C18H19Cl2N/c1-12-5-7-13(8-6-12)16-11-21-10-9-14(16)15-3-2-4-17(19)18(15)20/h2-8,14,16,21H,9-11H2,1H3. The molecule has 2 unspecified atom stereocenters. The summed E-state index contributed by atoms with van der Waals surface area (Å²) in [6, 6.07) is 14.8. The van der Waals surface area contributed by atoms with E-state index in [1.54, 1.807) is 0 Å². The maximum absolute atomic E-state index is 6.45. The quantitative estimate of drug-likeness (QED) is 0.805. The highest BCUT2D eigenvalue weighted by molar-refractivity contribution is 6.42. The van der Waals surface area contributed by atoms with Gasteiger partial charge in [0.15, 0.2) is 0 Å². The minimum Gasteiger partial charge on any atom is -0.316 e. The van der Waals surface area contributed by atoms with Gasteiger partial charge in [-0.2, -0.15) is 0 Å². The lowest BCUT2D eigenvalue weighted by Gasteiger charge is -2.33. The molecule has 0 radical (unpaired) electrons. The molecule has 0 spiro atoms. The molecule has 110 valence electrons. The summed E-state index contributed by atoms with van der Waals surface area (Å²) in [5, 5.41) is 4.87. The van der Waals surface area contributed by atoms with Crippen molar-refractivity contribution in [1.82, 2.24) is 5.32 Å². The average Bonchev–Trinajstić information content (AvgIpc) is 2.51. The van der Waals surface area contributed by atoms with Gasteiger partial charge in [0, 0.05) is 12.5 Å². The molecular formula is C18H19Cl2N. The zero-order chi connectivity index (χ0) is 14.8. The summed E-state index contributed by atoms with van der Waals surface area (Å²) in [7, 11) is 0. The van der Waals surface area contributed by atoms with Gasteiger partial charge in [-0.3, -0.25) is 0 Å². The Kier molecular flexibility index (Phi) is 4.54. The second kappa shape index (κ2) is 6.39. The molecule has 2 aromatic carbocycles. The molecule has 0 bridgehead atoms. The number of rotatable bonds is 2. The molecule has 1 aliphatic heterocycles. The number of hydrogen-bond acceptors (Lipinski definition) is 1. The molecule has 1 N–H and O–H groups in total. The first-order chi connectivity index (χ1) is 10.2. The van der Waals surface area contributed by atoms with Crippen molar-refractivity contribution in [3.8, 4) is 0 Å². The van der Waals surface area contributed by atoms with Crippen LogP contribution in [0.3, 0.4) is 0 Å². The molecular weight excluding hydrogens is 301 g/mol. The van der Waals surface area contributed by atoms with Crippen molar-refractivity contribution in [2.24, 2.45) is 0 Å². The Morgan fingerprint density at radius 3 is 2.52 bits per heavy atom. The number of halogens is 2. The van der Waals surface area contributed by atoms with Crippen molar-refractivity contribution in [3.63, 3.8) is 0 Å². The van der Waals surface area contributed by atoms with Gasteiger partial charge in [0.2, 0.25) is 0 Å². The first-order valence-corrected chi connectivity index (χ1v) is 8.13. The Balaban J connectivity index is 1.98. The van der Waals surface area contributed by atoms with Gasteiger partial charge < -0.3 is 5.32 Å². The molecule has 0 saturated carbocycles. The molecule has 3 heteroatoms. The molecule has 0 aliphatic carbocycles. The highest BCUT2D eigenvalue weighted by atomic mass is 35.5. The lowest BCUT2D eigenvalue weighted by molar-refractivity contribution is 0.404. The van der Waals surface area contributed by atoms with E-state index < -0.39 is 0 Å². The Morgan fingerprint density at radius 1 is 1.00 bits per heavy atom. The van der Waals surface area contributed by atoms with Crippen LogP contribution in [0.1, 0.15) is 34.9 Å². The normalized spacial score (nSPS) is 22.2. The number of aryl methyl sites for hydroxylation is 1. The highest BCUT2D eigenvalue weighted by Crippen LogP contribution is 2.42. The monoisotopic (exact) mass is 319 g/mol. The maximum Gasteiger partial charge on any atom is 0.0627 e. The van der Waals surface area contributed by atoms with E-state index in [1.165, 1.54) is 16.7 Å². The molecule has 1 saturated heterocycles. The van der Waals surface area contributed by atoms with Crippen LogP contribution in [0, 0.1) is 6.92 Å². The summed E-state index contributed by atoms with van der Waals surface area (Å²) in [6.07, 6.45) is 1.08. The van der Waals surface area contributed by atoms with Crippen LogP contribution in [0.4, 0.5) is 0 Å². The van der Waals surface area contributed by atoms with E-state index in [4.69, 9.17) is 23.2 Å². The molecule has 3 rings (SSSR count). The largest absolute Gasteiger partial charge is 0.316 e. The van der Waals surface area contributed by atoms with Gasteiger partial charge in [0.05, 0.1) is 10.0 Å². The molecule has 0 aromatic heterocycles. The molecule has 1 heterocycles. The van der Waals surface area contributed by atoms with Crippen molar-refractivity contribution < 1.29 is 0 Å². The highest BCUT2D eigenvalue weighted by Gasteiger charge is 2.29. The van der Waals surface area contributed by atoms with E-state index >= 15 is 0 Å². The maximum atomic E-state index is 6.45. The number of piperidine rings is 1. The Morgan fingerprint density at radius 2 is 1.76 bits per heavy atom. The van der Waals surface area contributed by atoms with Crippen molar-refractivity contribution in [3.05, 3.63) is 69.2 Å². The summed E-state index contributed by atoms with van der Waals surface area (Å²) >= 11 is 12.7. The van der Waals surface area contributed by atoms with Crippen LogP contribution >= 0.6 is 23.2 Å². The molecule has 1 nitrogen and oxygen atoms in total. The van der Waals surface area contributed by atoms with Gasteiger partial charge in [-0.1, -0.05) is 65.2 Å². The van der Waals surface area contributed by atoms with Crippen LogP contribution in [0.2, 0.25) is 10.0 Å². The van der Waals surface area contributed by atoms with E-state index in [0.717, 1.165) is 19.5 Å². The summed E-state index contributed by atoms with van der Waals surface area (Å²) < 4.78 is 0. The van der Waals surface area contributed by atoms with Gasteiger partial charge in [0.25, 0.3) is 0 Å². The van der Waals surface area contributed by atoms with Crippen LogP contribution < -0.4 is 5.32 Å². The lowest BCUT2D eigenvalue weighted by Crippen LogP contribution is -2.34. The van der Waals surface area contributed by atoms with Crippen LogP contribution in [0.15, 0.2) is 42.5 Å². The molecule has 0 amide bonds. The topological polar surface area (TPSA) is 12.0 Å². The van der Waals surface area contributed by atoms with Crippen molar-refractivity contribution >= 4 is 23.2 Å².